The van der Waals surface area contributed by atoms with Gasteiger partial charge in [-0.25, -0.2) is 0 Å². The molecule has 1 aliphatic heterocycles. The van der Waals surface area contributed by atoms with Crippen molar-refractivity contribution in [2.75, 3.05) is 0 Å². The fourth-order valence-corrected chi connectivity index (χ4v) is 2.85. The molecule has 1 N–H and O–H groups in total. The van der Waals surface area contributed by atoms with Crippen LogP contribution in [0.3, 0.4) is 0 Å². The third-order valence-electron chi connectivity index (χ3n) is 3.97. The minimum Gasteiger partial charge on any atom is -0.343 e. The molecule has 0 aromatic carbocycles. The Bertz CT molecular complexity index is 554. The van der Waals surface area contributed by atoms with Crippen molar-refractivity contribution in [2.45, 2.75) is 45.3 Å². The van der Waals surface area contributed by atoms with Crippen LogP contribution in [0.25, 0.3) is 0 Å². The van der Waals surface area contributed by atoms with Crippen molar-refractivity contribution in [1.29, 1.82) is 0 Å². The number of nitrogens with one attached hydrogen (secondary N) is 1. The second-order valence-electron chi connectivity index (χ2n) is 5.85. The normalized spacial score (nSPS) is 26.6. The van der Waals surface area contributed by atoms with Crippen LogP contribution < -0.4 is 5.32 Å². The van der Waals surface area contributed by atoms with Crippen LogP contribution in [0.2, 0.25) is 0 Å². The van der Waals surface area contributed by atoms with Crippen molar-refractivity contribution in [3.8, 4) is 0 Å². The fraction of sp³-hybridized carbons (Fsp3) is 0.533. The molecule has 2 heterocycles. The van der Waals surface area contributed by atoms with Gasteiger partial charge in [0.25, 0.3) is 0 Å². The van der Waals surface area contributed by atoms with Crippen LogP contribution >= 0.6 is 0 Å². The number of amides is 2. The Balaban J connectivity index is 1.86. The first-order valence-corrected chi connectivity index (χ1v) is 7.07. The van der Waals surface area contributed by atoms with Gasteiger partial charge in [0.2, 0.25) is 11.8 Å². The molecule has 106 valence electrons. The van der Waals surface area contributed by atoms with E-state index < -0.39 is 6.04 Å². The Morgan fingerprint density at radius 3 is 2.75 bits per heavy atom. The molecule has 1 aliphatic carbocycles. The van der Waals surface area contributed by atoms with E-state index in [1.165, 1.54) is 0 Å². The summed E-state index contributed by atoms with van der Waals surface area (Å²) < 4.78 is 0. The molecule has 2 unspecified atom stereocenters. The molecule has 0 bridgehead atoms. The van der Waals surface area contributed by atoms with Gasteiger partial charge < -0.3 is 10.2 Å². The van der Waals surface area contributed by atoms with Gasteiger partial charge in [-0.2, -0.15) is 0 Å². The summed E-state index contributed by atoms with van der Waals surface area (Å²) >= 11 is 0. The zero-order chi connectivity index (χ0) is 14.3. The third-order valence-corrected chi connectivity index (χ3v) is 3.97. The number of rotatable bonds is 3. The number of hydrogen-bond donors (Lipinski definition) is 1. The van der Waals surface area contributed by atoms with E-state index in [0.717, 1.165) is 24.0 Å². The van der Waals surface area contributed by atoms with E-state index in [2.05, 4.69) is 10.3 Å². The number of carbonyl (C=O) groups excluding carboxylic acids is 2. The highest BCUT2D eigenvalue weighted by atomic mass is 16.2. The van der Waals surface area contributed by atoms with Crippen molar-refractivity contribution in [2.24, 2.45) is 5.92 Å². The summed E-state index contributed by atoms with van der Waals surface area (Å²) in [5, 5.41) is 2.78. The molecule has 0 radical (unpaired) electrons. The molecule has 2 aliphatic rings. The highest BCUT2D eigenvalue weighted by molar-refractivity contribution is 5.97. The number of pyridine rings is 1. The van der Waals surface area contributed by atoms with Crippen LogP contribution in [0.5, 0.6) is 0 Å². The van der Waals surface area contributed by atoms with Crippen LogP contribution in [0, 0.1) is 12.8 Å². The van der Waals surface area contributed by atoms with Gasteiger partial charge in [0.1, 0.15) is 12.1 Å². The number of nitrogens with zero attached hydrogens (tertiary/aromatic N) is 2. The first-order chi connectivity index (χ1) is 9.56. The lowest BCUT2D eigenvalue weighted by molar-refractivity contribution is -0.150. The zero-order valence-corrected chi connectivity index (χ0v) is 11.8. The minimum absolute atomic E-state index is 0.00278. The maximum absolute atomic E-state index is 12.4. The Morgan fingerprint density at radius 2 is 2.10 bits per heavy atom. The molecule has 1 aromatic rings. The lowest BCUT2D eigenvalue weighted by atomic mass is 10.0. The molecule has 5 heteroatoms. The molecule has 2 atom stereocenters. The van der Waals surface area contributed by atoms with Crippen molar-refractivity contribution < 1.29 is 9.59 Å². The summed E-state index contributed by atoms with van der Waals surface area (Å²) in [6.45, 7) is 4.18. The summed E-state index contributed by atoms with van der Waals surface area (Å²) in [5.41, 5.74) is 2.04. The quantitative estimate of drug-likeness (QED) is 0.894. The molecular weight excluding hydrogens is 254 g/mol. The standard InChI is InChI=1S/C15H19N3O2/c1-9-5-11(7-16-6-9)8-18-13(12-3-4-12)14(19)17-10(2)15(18)20/h5-7,10,12-13H,3-4,8H2,1-2H3,(H,17,19). The molecule has 1 aromatic heterocycles. The van der Waals surface area contributed by atoms with Crippen LogP contribution in [0.4, 0.5) is 0 Å². The van der Waals surface area contributed by atoms with Gasteiger partial charge in [-0.3, -0.25) is 14.6 Å². The molecule has 5 nitrogen and oxygen atoms in total. The second kappa shape index (κ2) is 4.89. The van der Waals surface area contributed by atoms with Crippen LogP contribution in [0.15, 0.2) is 18.5 Å². The second-order valence-corrected chi connectivity index (χ2v) is 5.85. The highest BCUT2D eigenvalue weighted by Crippen LogP contribution is 2.37. The SMILES string of the molecule is Cc1cncc(CN2C(=O)C(C)NC(=O)C2C2CC2)c1. The van der Waals surface area contributed by atoms with E-state index in [0.29, 0.717) is 12.5 Å². The van der Waals surface area contributed by atoms with Gasteiger partial charge >= 0.3 is 0 Å². The largest absolute Gasteiger partial charge is 0.343 e. The minimum atomic E-state index is -0.435. The molecule has 20 heavy (non-hydrogen) atoms. The van der Waals surface area contributed by atoms with Crippen LogP contribution in [0.1, 0.15) is 30.9 Å². The van der Waals surface area contributed by atoms with Crippen molar-refractivity contribution >= 4 is 11.8 Å². The van der Waals surface area contributed by atoms with Crippen molar-refractivity contribution in [3.63, 3.8) is 0 Å². The van der Waals surface area contributed by atoms with Crippen LogP contribution in [-0.2, 0) is 16.1 Å². The number of hydrogen-bond acceptors (Lipinski definition) is 3. The van der Waals surface area contributed by atoms with E-state index >= 15 is 0 Å². The van der Waals surface area contributed by atoms with Gasteiger partial charge in [-0.15, -0.1) is 0 Å². The highest BCUT2D eigenvalue weighted by Gasteiger charge is 2.46. The number of aryl methyl sites for hydroxylation is 1. The molecule has 1 saturated heterocycles. The summed E-state index contributed by atoms with van der Waals surface area (Å²) in [4.78, 5) is 30.5. The van der Waals surface area contributed by atoms with Gasteiger partial charge in [-0.05, 0) is 43.7 Å². The average Bonchev–Trinajstić information content (AvgIpc) is 3.20. The van der Waals surface area contributed by atoms with Crippen molar-refractivity contribution in [3.05, 3.63) is 29.6 Å². The molecule has 3 rings (SSSR count). The Kier molecular flexibility index (Phi) is 3.20. The summed E-state index contributed by atoms with van der Waals surface area (Å²) in [7, 11) is 0. The fourth-order valence-electron chi connectivity index (χ4n) is 2.85. The molecule has 2 fully saturated rings. The van der Waals surface area contributed by atoms with Gasteiger partial charge in [0.05, 0.1) is 0 Å². The maximum Gasteiger partial charge on any atom is 0.245 e. The predicted molar refractivity (Wildman–Crippen MR) is 73.6 cm³/mol. The maximum atomic E-state index is 12.4. The van der Waals surface area contributed by atoms with Crippen LogP contribution in [-0.4, -0.2) is 33.8 Å². The predicted octanol–water partition coefficient (Wildman–Crippen LogP) is 1.02. The molecular formula is C15H19N3O2. The summed E-state index contributed by atoms with van der Waals surface area (Å²) in [5.74, 6) is 0.312. The van der Waals surface area contributed by atoms with Gasteiger partial charge in [0, 0.05) is 18.9 Å². The Morgan fingerprint density at radius 1 is 1.35 bits per heavy atom. The molecule has 2 amide bonds. The monoisotopic (exact) mass is 273 g/mol. The van der Waals surface area contributed by atoms with E-state index in [1.54, 1.807) is 24.2 Å². The Hall–Kier alpha value is -1.91. The first-order valence-electron chi connectivity index (χ1n) is 7.07. The number of carbonyl (C=O) groups is 2. The van der Waals surface area contributed by atoms with Crippen molar-refractivity contribution in [1.82, 2.24) is 15.2 Å². The van der Waals surface area contributed by atoms with E-state index in [9.17, 15) is 9.59 Å². The lowest BCUT2D eigenvalue weighted by Crippen LogP contribution is -2.62. The summed E-state index contributed by atoms with van der Waals surface area (Å²) in [6.07, 6.45) is 5.61. The molecule has 1 saturated carbocycles. The van der Waals surface area contributed by atoms with E-state index in [4.69, 9.17) is 0 Å². The number of aromatic nitrogens is 1. The van der Waals surface area contributed by atoms with Gasteiger partial charge in [-0.1, -0.05) is 6.07 Å². The smallest absolute Gasteiger partial charge is 0.245 e. The number of piperazine rings is 1. The third kappa shape index (κ3) is 2.40. The molecule has 0 spiro atoms. The summed E-state index contributed by atoms with van der Waals surface area (Å²) in [6, 6.07) is 1.27. The topological polar surface area (TPSA) is 62.3 Å². The lowest BCUT2D eigenvalue weighted by Gasteiger charge is -2.38. The van der Waals surface area contributed by atoms with E-state index in [-0.39, 0.29) is 17.9 Å². The van der Waals surface area contributed by atoms with Gasteiger partial charge in [0.15, 0.2) is 0 Å². The van der Waals surface area contributed by atoms with E-state index in [1.807, 2.05) is 13.0 Å². The average molecular weight is 273 g/mol. The first kappa shape index (κ1) is 13.1. The zero-order valence-electron chi connectivity index (χ0n) is 11.8. The Labute approximate surface area is 118 Å².